The van der Waals surface area contributed by atoms with Gasteiger partial charge in [0, 0.05) is 28.5 Å². The molecule has 0 aliphatic heterocycles. The van der Waals surface area contributed by atoms with Gasteiger partial charge >= 0.3 is 0 Å². The third-order valence-corrected chi connectivity index (χ3v) is 12.0. The van der Waals surface area contributed by atoms with Gasteiger partial charge in [0.1, 0.15) is 0 Å². The lowest BCUT2D eigenvalue weighted by molar-refractivity contribution is 0.586. The van der Waals surface area contributed by atoms with E-state index in [-0.39, 0.29) is 10.8 Å². The fraction of sp³-hybridized carbons (Fsp3) is 0.170. The van der Waals surface area contributed by atoms with Crippen LogP contribution in [0.5, 0.6) is 0 Å². The predicted octanol–water partition coefficient (Wildman–Crippen LogP) is 12.9. The average Bonchev–Trinajstić information content (AvgIpc) is 3.70. The molecule has 1 spiro atoms. The van der Waals surface area contributed by atoms with Crippen LogP contribution in [0.25, 0.3) is 67.7 Å². The number of benzene rings is 6. The Morgan fingerprint density at radius 2 is 0.912 bits per heavy atom. The molecule has 0 N–H and O–H groups in total. The molecule has 8 aromatic rings. The Morgan fingerprint density at radius 3 is 1.53 bits per heavy atom. The van der Waals surface area contributed by atoms with Crippen LogP contribution in [0.15, 0.2) is 158 Å². The first-order valence-electron chi connectivity index (χ1n) is 19.9. The molecule has 4 heteroatoms. The first-order chi connectivity index (χ1) is 27.5. The Labute approximate surface area is 335 Å². The van der Waals surface area contributed by atoms with Crippen molar-refractivity contribution in [1.82, 2.24) is 19.9 Å². The molecule has 0 bridgehead atoms. The van der Waals surface area contributed by atoms with Gasteiger partial charge in [0.15, 0.2) is 17.5 Å². The van der Waals surface area contributed by atoms with Crippen molar-refractivity contribution in [3.63, 3.8) is 0 Å². The second-order valence-corrected chi connectivity index (χ2v) is 17.5. The van der Waals surface area contributed by atoms with E-state index in [0.717, 1.165) is 27.9 Å². The van der Waals surface area contributed by atoms with Crippen LogP contribution in [0.4, 0.5) is 0 Å². The minimum absolute atomic E-state index is 0.0186. The van der Waals surface area contributed by atoms with Crippen LogP contribution in [0.3, 0.4) is 0 Å². The molecular weight excluding hydrogens is 693 g/mol. The van der Waals surface area contributed by atoms with Gasteiger partial charge in [-0.1, -0.05) is 181 Å². The van der Waals surface area contributed by atoms with Gasteiger partial charge in [-0.3, -0.25) is 4.98 Å². The van der Waals surface area contributed by atoms with Gasteiger partial charge in [0.05, 0.1) is 11.1 Å². The van der Waals surface area contributed by atoms with Gasteiger partial charge < -0.3 is 0 Å². The molecule has 0 atom stereocenters. The highest BCUT2D eigenvalue weighted by Gasteiger charge is 2.53. The average molecular weight is 737 g/mol. The molecule has 0 radical (unpaired) electrons. The van der Waals surface area contributed by atoms with E-state index in [2.05, 4.69) is 162 Å². The highest BCUT2D eigenvalue weighted by Crippen LogP contribution is 2.64. The fourth-order valence-electron chi connectivity index (χ4n) is 9.02. The maximum absolute atomic E-state index is 5.31. The van der Waals surface area contributed by atoms with Crippen LogP contribution in [0.2, 0.25) is 0 Å². The molecule has 0 unspecified atom stereocenters. The number of pyridine rings is 1. The molecule has 10 rings (SSSR count). The summed E-state index contributed by atoms with van der Waals surface area (Å²) in [6.45, 7) is 13.9. The summed E-state index contributed by atoms with van der Waals surface area (Å²) in [5.74, 6) is 1.93. The quantitative estimate of drug-likeness (QED) is 0.180. The zero-order chi connectivity index (χ0) is 39.1. The molecule has 2 heterocycles. The Kier molecular flexibility index (Phi) is 7.82. The number of hydrogen-bond donors (Lipinski definition) is 0. The summed E-state index contributed by atoms with van der Waals surface area (Å²) >= 11 is 0. The summed E-state index contributed by atoms with van der Waals surface area (Å²) in [7, 11) is 0. The minimum Gasteiger partial charge on any atom is -0.256 e. The number of aromatic nitrogens is 4. The summed E-state index contributed by atoms with van der Waals surface area (Å²) < 4.78 is 0. The van der Waals surface area contributed by atoms with Crippen molar-refractivity contribution < 1.29 is 0 Å². The maximum atomic E-state index is 5.31. The van der Waals surface area contributed by atoms with Crippen LogP contribution >= 0.6 is 0 Å². The van der Waals surface area contributed by atoms with E-state index in [9.17, 15) is 0 Å². The van der Waals surface area contributed by atoms with Crippen molar-refractivity contribution in [2.45, 2.75) is 57.8 Å². The summed E-state index contributed by atoms with van der Waals surface area (Å²) in [4.78, 5) is 20.2. The van der Waals surface area contributed by atoms with Gasteiger partial charge in [-0.2, -0.15) is 0 Å². The van der Waals surface area contributed by atoms with Crippen molar-refractivity contribution >= 4 is 0 Å². The molecule has 6 aromatic carbocycles. The topological polar surface area (TPSA) is 51.6 Å². The Morgan fingerprint density at radius 1 is 0.386 bits per heavy atom. The predicted molar refractivity (Wildman–Crippen MR) is 233 cm³/mol. The van der Waals surface area contributed by atoms with E-state index in [1.165, 1.54) is 55.6 Å². The molecule has 276 valence electrons. The lowest BCUT2D eigenvalue weighted by Crippen LogP contribution is -2.27. The molecule has 2 aromatic heterocycles. The Hall–Kier alpha value is -6.52. The molecule has 0 fully saturated rings. The number of rotatable bonds is 4. The van der Waals surface area contributed by atoms with E-state index < -0.39 is 5.41 Å². The van der Waals surface area contributed by atoms with E-state index in [4.69, 9.17) is 15.0 Å². The van der Waals surface area contributed by atoms with Crippen LogP contribution in [0.1, 0.15) is 74.9 Å². The summed E-state index contributed by atoms with van der Waals surface area (Å²) in [6.07, 6.45) is 1.82. The molecule has 2 aliphatic carbocycles. The Bertz CT molecular complexity index is 2780. The molecular formula is C53H44N4. The summed E-state index contributed by atoms with van der Waals surface area (Å²) in [6, 6.07) is 54.7. The molecule has 2 aliphatic rings. The lowest BCUT2D eigenvalue weighted by Gasteiger charge is -2.32. The lowest BCUT2D eigenvalue weighted by atomic mass is 9.68. The summed E-state index contributed by atoms with van der Waals surface area (Å²) in [5.41, 5.74) is 17.2. The second kappa shape index (κ2) is 12.8. The van der Waals surface area contributed by atoms with Gasteiger partial charge in [0.25, 0.3) is 0 Å². The van der Waals surface area contributed by atoms with Crippen molar-refractivity contribution in [2.24, 2.45) is 0 Å². The molecule has 0 amide bonds. The largest absolute Gasteiger partial charge is 0.256 e. The molecule has 0 saturated heterocycles. The maximum Gasteiger partial charge on any atom is 0.164 e. The molecule has 4 nitrogen and oxygen atoms in total. The van der Waals surface area contributed by atoms with Gasteiger partial charge in [-0.05, 0) is 78.6 Å². The third-order valence-electron chi connectivity index (χ3n) is 12.0. The Balaban J connectivity index is 1.24. The molecule has 0 saturated carbocycles. The minimum atomic E-state index is -0.519. The van der Waals surface area contributed by atoms with E-state index in [0.29, 0.717) is 17.5 Å². The van der Waals surface area contributed by atoms with Crippen molar-refractivity contribution in [2.75, 3.05) is 0 Å². The molecule has 57 heavy (non-hydrogen) atoms. The smallest absolute Gasteiger partial charge is 0.164 e. The van der Waals surface area contributed by atoms with Crippen LogP contribution < -0.4 is 0 Å². The first-order valence-corrected chi connectivity index (χ1v) is 19.9. The van der Waals surface area contributed by atoms with Crippen molar-refractivity contribution in [1.29, 1.82) is 0 Å². The van der Waals surface area contributed by atoms with Crippen molar-refractivity contribution in [3.05, 3.63) is 191 Å². The van der Waals surface area contributed by atoms with Crippen molar-refractivity contribution in [3.8, 4) is 67.7 Å². The standard InChI is InChI=1S/C53H44N4/c1-51(2,3)36-26-28-38-39-29-27-37(52(4,5)6)32-45(39)53(44(38)31-36)42-19-11-10-17-40(42)47-41(18-14-20-43(47)53)50-56-48(34-15-8-7-9-16-34)55-49(57-50)35-24-22-33(23-25-35)46-21-12-13-30-54-46/h7-32H,1-6H3. The SMILES string of the molecule is CC(C)(C)c1ccc2c(c1)C1(c3cc(C(C)(C)C)ccc3-2)c2ccccc2-c2c(-c3nc(-c4ccccc4)nc(-c4ccc(-c5ccccn5)cc4)n3)cccc21. The normalized spacial score (nSPS) is 13.6. The van der Waals surface area contributed by atoms with Crippen LogP contribution in [-0.4, -0.2) is 19.9 Å². The number of nitrogens with zero attached hydrogens (tertiary/aromatic N) is 4. The second-order valence-electron chi connectivity index (χ2n) is 17.5. The number of hydrogen-bond acceptors (Lipinski definition) is 4. The zero-order valence-corrected chi connectivity index (χ0v) is 33.3. The summed E-state index contributed by atoms with van der Waals surface area (Å²) in [5, 5.41) is 0. The highest BCUT2D eigenvalue weighted by atomic mass is 15.0. The van der Waals surface area contributed by atoms with E-state index in [1.54, 1.807) is 0 Å². The number of fused-ring (bicyclic) bond motifs is 10. The van der Waals surface area contributed by atoms with E-state index in [1.807, 2.05) is 42.6 Å². The fourth-order valence-corrected chi connectivity index (χ4v) is 9.02. The van der Waals surface area contributed by atoms with Crippen LogP contribution in [-0.2, 0) is 16.2 Å². The van der Waals surface area contributed by atoms with Gasteiger partial charge in [-0.15, -0.1) is 0 Å². The van der Waals surface area contributed by atoms with Gasteiger partial charge in [0.2, 0.25) is 0 Å². The zero-order valence-electron chi connectivity index (χ0n) is 33.3. The monoisotopic (exact) mass is 736 g/mol. The van der Waals surface area contributed by atoms with Gasteiger partial charge in [-0.25, -0.2) is 15.0 Å². The first kappa shape index (κ1) is 34.9. The van der Waals surface area contributed by atoms with E-state index >= 15 is 0 Å². The van der Waals surface area contributed by atoms with Crippen LogP contribution in [0, 0.1) is 0 Å². The third kappa shape index (κ3) is 5.49. The highest BCUT2D eigenvalue weighted by molar-refractivity contribution is 5.99.